The lowest BCUT2D eigenvalue weighted by molar-refractivity contribution is -0.148. The molecule has 3 N–H and O–H groups in total. The average Bonchev–Trinajstić information content (AvgIpc) is 2.70. The quantitative estimate of drug-likeness (QED) is 0.777. The summed E-state index contributed by atoms with van der Waals surface area (Å²) in [5.41, 5.74) is 6.08. The van der Waals surface area contributed by atoms with Gasteiger partial charge in [0, 0.05) is 6.04 Å². The fraction of sp³-hybridized carbons (Fsp3) is 0.929. The molecule has 2 unspecified atom stereocenters. The van der Waals surface area contributed by atoms with Crippen molar-refractivity contribution < 1.29 is 14.6 Å². The predicted molar refractivity (Wildman–Crippen MR) is 76.1 cm³/mol. The molecule has 4 atom stereocenters. The fourth-order valence-electron chi connectivity index (χ4n) is 3.19. The Balaban J connectivity index is 0.00000180. The molecule has 0 amide bonds. The number of hydrogen-bond donors (Lipinski definition) is 2. The van der Waals surface area contributed by atoms with Crippen molar-refractivity contribution in [3.05, 3.63) is 0 Å². The van der Waals surface area contributed by atoms with Gasteiger partial charge in [-0.2, -0.15) is 0 Å². The summed E-state index contributed by atoms with van der Waals surface area (Å²) in [5.74, 6) is 0.327. The van der Waals surface area contributed by atoms with Crippen molar-refractivity contribution in [2.75, 3.05) is 0 Å². The van der Waals surface area contributed by atoms with E-state index in [0.717, 1.165) is 6.42 Å². The molecule has 0 bridgehead atoms. The Kier molecular flexibility index (Phi) is 6.57. The van der Waals surface area contributed by atoms with Gasteiger partial charge in [-0.05, 0) is 18.8 Å². The van der Waals surface area contributed by atoms with E-state index in [2.05, 4.69) is 0 Å². The molecule has 0 spiro atoms. The van der Waals surface area contributed by atoms with Crippen LogP contribution in [0.5, 0.6) is 0 Å². The minimum Gasteiger partial charge on any atom is -0.459 e. The maximum Gasteiger partial charge on any atom is 0.309 e. The van der Waals surface area contributed by atoms with E-state index < -0.39 is 12.2 Å². The van der Waals surface area contributed by atoms with Crippen LogP contribution in [-0.2, 0) is 9.53 Å². The van der Waals surface area contributed by atoms with E-state index in [1.807, 2.05) is 6.92 Å². The van der Waals surface area contributed by atoms with Gasteiger partial charge in [-0.3, -0.25) is 4.79 Å². The van der Waals surface area contributed by atoms with Crippen molar-refractivity contribution in [1.82, 2.24) is 0 Å². The topological polar surface area (TPSA) is 72.6 Å². The largest absolute Gasteiger partial charge is 0.459 e. The number of carbonyl (C=O) groups is 1. The second kappa shape index (κ2) is 7.46. The second-order valence-electron chi connectivity index (χ2n) is 6.01. The van der Waals surface area contributed by atoms with Gasteiger partial charge in [-0.15, -0.1) is 12.4 Å². The highest BCUT2D eigenvalue weighted by Crippen LogP contribution is 2.30. The number of esters is 1. The van der Waals surface area contributed by atoms with E-state index in [9.17, 15) is 9.90 Å². The molecule has 1 aliphatic heterocycles. The zero-order chi connectivity index (χ0) is 13.1. The lowest BCUT2D eigenvalue weighted by Gasteiger charge is -2.29. The van der Waals surface area contributed by atoms with Gasteiger partial charge in [0.05, 0.1) is 5.92 Å². The number of hydrogen-bond acceptors (Lipinski definition) is 4. The summed E-state index contributed by atoms with van der Waals surface area (Å²) in [6.45, 7) is 1.84. The highest BCUT2D eigenvalue weighted by atomic mass is 35.5. The van der Waals surface area contributed by atoms with Crippen LogP contribution >= 0.6 is 12.4 Å². The number of cyclic esters (lactones) is 1. The van der Waals surface area contributed by atoms with E-state index in [0.29, 0.717) is 12.3 Å². The standard InChI is InChI=1S/C14H25NO3.ClH/c1-9-7-12(18-14(9)17)13(16)11(15)8-10-5-3-2-4-6-10;/h9-13,16H,2-8,15H2,1H3;1H/t9-,11?,12-,13?;/m0./s1. The van der Waals surface area contributed by atoms with E-state index in [1.165, 1.54) is 32.1 Å². The normalized spacial score (nSPS) is 31.4. The van der Waals surface area contributed by atoms with Crippen LogP contribution in [0.1, 0.15) is 51.9 Å². The summed E-state index contributed by atoms with van der Waals surface area (Å²) in [4.78, 5) is 11.3. The van der Waals surface area contributed by atoms with Crippen LogP contribution < -0.4 is 5.73 Å². The van der Waals surface area contributed by atoms with Crippen molar-refractivity contribution in [2.24, 2.45) is 17.6 Å². The Morgan fingerprint density at radius 1 is 1.37 bits per heavy atom. The molecule has 4 nitrogen and oxygen atoms in total. The number of rotatable bonds is 4. The second-order valence-corrected chi connectivity index (χ2v) is 6.01. The van der Waals surface area contributed by atoms with E-state index >= 15 is 0 Å². The van der Waals surface area contributed by atoms with Gasteiger partial charge < -0.3 is 15.6 Å². The van der Waals surface area contributed by atoms with Gasteiger partial charge in [0.1, 0.15) is 12.2 Å². The fourth-order valence-corrected chi connectivity index (χ4v) is 3.19. The molecule has 0 aromatic carbocycles. The third kappa shape index (κ3) is 4.33. The first-order valence-corrected chi connectivity index (χ1v) is 7.22. The smallest absolute Gasteiger partial charge is 0.309 e. The van der Waals surface area contributed by atoms with Crippen LogP contribution in [0.15, 0.2) is 0 Å². The Morgan fingerprint density at radius 3 is 2.53 bits per heavy atom. The van der Waals surface area contributed by atoms with Crippen molar-refractivity contribution in [2.45, 2.75) is 70.1 Å². The monoisotopic (exact) mass is 291 g/mol. The number of nitrogens with two attached hydrogens (primary N) is 1. The summed E-state index contributed by atoms with van der Waals surface area (Å²) in [6, 6.07) is -0.267. The molecule has 5 heteroatoms. The highest BCUT2D eigenvalue weighted by molar-refractivity contribution is 5.85. The predicted octanol–water partition coefficient (Wildman–Crippen LogP) is 2.02. The van der Waals surface area contributed by atoms with Gasteiger partial charge in [-0.1, -0.05) is 39.0 Å². The van der Waals surface area contributed by atoms with E-state index in [-0.39, 0.29) is 30.3 Å². The first-order chi connectivity index (χ1) is 8.58. The molecular weight excluding hydrogens is 266 g/mol. The number of aliphatic hydroxyl groups is 1. The van der Waals surface area contributed by atoms with Gasteiger partial charge in [0.25, 0.3) is 0 Å². The van der Waals surface area contributed by atoms with Crippen LogP contribution in [0.2, 0.25) is 0 Å². The van der Waals surface area contributed by atoms with Crippen molar-refractivity contribution in [1.29, 1.82) is 0 Å². The molecule has 112 valence electrons. The van der Waals surface area contributed by atoms with Crippen molar-refractivity contribution in [3.63, 3.8) is 0 Å². The third-order valence-electron chi connectivity index (χ3n) is 4.41. The Morgan fingerprint density at radius 2 is 2.00 bits per heavy atom. The molecule has 1 saturated carbocycles. The maximum absolute atomic E-state index is 11.3. The first kappa shape index (κ1) is 16.7. The molecule has 0 aromatic heterocycles. The molecule has 0 aromatic rings. The van der Waals surface area contributed by atoms with Gasteiger partial charge in [0.2, 0.25) is 0 Å². The maximum atomic E-state index is 11.3. The minimum atomic E-state index is -0.708. The molecule has 1 heterocycles. The van der Waals surface area contributed by atoms with Crippen LogP contribution in [0.25, 0.3) is 0 Å². The van der Waals surface area contributed by atoms with Crippen molar-refractivity contribution >= 4 is 18.4 Å². The van der Waals surface area contributed by atoms with Gasteiger partial charge in [0.15, 0.2) is 0 Å². The number of ether oxygens (including phenoxy) is 1. The molecule has 2 aliphatic rings. The van der Waals surface area contributed by atoms with Crippen molar-refractivity contribution in [3.8, 4) is 0 Å². The molecule has 19 heavy (non-hydrogen) atoms. The lowest BCUT2D eigenvalue weighted by atomic mass is 9.83. The highest BCUT2D eigenvalue weighted by Gasteiger charge is 2.38. The number of carbonyl (C=O) groups excluding carboxylic acids is 1. The Labute approximate surface area is 121 Å². The lowest BCUT2D eigenvalue weighted by Crippen LogP contribution is -2.44. The molecule has 2 fully saturated rings. The van der Waals surface area contributed by atoms with Crippen LogP contribution in [0.4, 0.5) is 0 Å². The molecule has 1 aliphatic carbocycles. The average molecular weight is 292 g/mol. The third-order valence-corrected chi connectivity index (χ3v) is 4.41. The van der Waals surface area contributed by atoms with Crippen LogP contribution in [0.3, 0.4) is 0 Å². The van der Waals surface area contributed by atoms with Crippen LogP contribution in [-0.4, -0.2) is 29.3 Å². The SMILES string of the molecule is C[C@H]1C[C@@H](C(O)C(N)CC2CCCCC2)OC1=O.Cl. The van der Waals surface area contributed by atoms with E-state index in [1.54, 1.807) is 0 Å². The van der Waals surface area contributed by atoms with Gasteiger partial charge in [-0.25, -0.2) is 0 Å². The number of aliphatic hydroxyl groups excluding tert-OH is 1. The molecule has 1 saturated heterocycles. The molecule has 0 radical (unpaired) electrons. The summed E-state index contributed by atoms with van der Waals surface area (Å²) in [7, 11) is 0. The Hall–Kier alpha value is -0.320. The summed E-state index contributed by atoms with van der Waals surface area (Å²) < 4.78 is 5.18. The first-order valence-electron chi connectivity index (χ1n) is 7.22. The summed E-state index contributed by atoms with van der Waals surface area (Å²) in [6.07, 6.45) is 6.68. The summed E-state index contributed by atoms with van der Waals surface area (Å²) in [5, 5.41) is 10.2. The minimum absolute atomic E-state index is 0. The zero-order valence-corrected chi connectivity index (χ0v) is 12.4. The zero-order valence-electron chi connectivity index (χ0n) is 11.6. The summed E-state index contributed by atoms with van der Waals surface area (Å²) >= 11 is 0. The molecular formula is C14H26ClNO3. The number of halogens is 1. The van der Waals surface area contributed by atoms with Crippen LogP contribution in [0, 0.1) is 11.8 Å². The van der Waals surface area contributed by atoms with Gasteiger partial charge >= 0.3 is 5.97 Å². The Bertz CT molecular complexity index is 294. The van der Waals surface area contributed by atoms with E-state index in [4.69, 9.17) is 10.5 Å². The molecule has 2 rings (SSSR count).